The highest BCUT2D eigenvalue weighted by Crippen LogP contribution is 2.18. The number of rotatable bonds is 2. The van der Waals surface area contributed by atoms with Crippen molar-refractivity contribution in [2.75, 3.05) is 19.4 Å². The van der Waals surface area contributed by atoms with Gasteiger partial charge in [0.25, 0.3) is 0 Å². The van der Waals surface area contributed by atoms with Crippen molar-refractivity contribution < 1.29 is 17.9 Å². The van der Waals surface area contributed by atoms with Crippen LogP contribution in [0, 0.1) is 0 Å². The third kappa shape index (κ3) is 2.58. The summed E-state index contributed by atoms with van der Waals surface area (Å²) in [6, 6.07) is 0. The molecule has 0 saturated carbocycles. The first-order valence-corrected chi connectivity index (χ1v) is 5.81. The van der Waals surface area contributed by atoms with Gasteiger partial charge in [-0.25, -0.2) is 13.2 Å². The second kappa shape index (κ2) is 3.95. The lowest BCUT2D eigenvalue weighted by molar-refractivity contribution is 0.171. The number of alkyl carbamates (subject to hydrolysis) is 1. The van der Waals surface area contributed by atoms with Crippen molar-refractivity contribution in [3.63, 3.8) is 0 Å². The summed E-state index contributed by atoms with van der Waals surface area (Å²) in [5.41, 5.74) is 0. The number of carbonyl (C=O) groups excluding carboxylic acids is 1. The maximum atomic E-state index is 11.3. The van der Waals surface area contributed by atoms with Gasteiger partial charge >= 0.3 is 6.09 Å². The molecule has 1 aliphatic heterocycles. The van der Waals surface area contributed by atoms with Crippen LogP contribution in [0.15, 0.2) is 0 Å². The normalized spacial score (nSPS) is 25.5. The molecule has 0 radical (unpaired) electrons. The van der Waals surface area contributed by atoms with Crippen LogP contribution in [0.3, 0.4) is 0 Å². The Labute approximate surface area is 77.4 Å². The summed E-state index contributed by atoms with van der Waals surface area (Å²) in [6.07, 6.45) is 0.740. The number of methoxy groups -OCH3 is 1. The molecule has 1 fully saturated rings. The Bertz CT molecular complexity index is 285. The van der Waals surface area contributed by atoms with Crippen LogP contribution in [0.4, 0.5) is 4.79 Å². The van der Waals surface area contributed by atoms with Crippen molar-refractivity contribution in [2.24, 2.45) is 0 Å². The van der Waals surface area contributed by atoms with Gasteiger partial charge in [-0.15, -0.1) is 0 Å². The zero-order valence-electron chi connectivity index (χ0n) is 7.45. The van der Waals surface area contributed by atoms with Crippen LogP contribution in [-0.4, -0.2) is 39.2 Å². The van der Waals surface area contributed by atoms with Crippen LogP contribution in [-0.2, 0) is 14.6 Å². The smallest absolute Gasteiger partial charge is 0.406 e. The fourth-order valence-corrected chi connectivity index (χ4v) is 3.12. The second-order valence-electron chi connectivity index (χ2n) is 3.00. The molecule has 1 atom stereocenters. The highest BCUT2D eigenvalue weighted by atomic mass is 32.2. The molecule has 5 nitrogen and oxygen atoms in total. The lowest BCUT2D eigenvalue weighted by Gasteiger charge is -2.09. The van der Waals surface area contributed by atoms with Gasteiger partial charge in [-0.1, -0.05) is 0 Å². The first-order valence-electron chi connectivity index (χ1n) is 4.09. The fourth-order valence-electron chi connectivity index (χ4n) is 1.36. The minimum Gasteiger partial charge on any atom is -0.453 e. The topological polar surface area (TPSA) is 72.5 Å². The number of ether oxygens (including phenoxy) is 1. The summed E-state index contributed by atoms with van der Waals surface area (Å²) >= 11 is 0. The number of amides is 1. The Morgan fingerprint density at radius 1 is 1.62 bits per heavy atom. The number of hydrogen-bond acceptors (Lipinski definition) is 4. The SMILES string of the molecule is COC(=O)NCC1CCCS1(=O)=O. The monoisotopic (exact) mass is 207 g/mol. The third-order valence-electron chi connectivity index (χ3n) is 2.12. The Morgan fingerprint density at radius 3 is 2.77 bits per heavy atom. The maximum absolute atomic E-state index is 11.3. The number of nitrogens with one attached hydrogen (secondary N) is 1. The van der Waals surface area contributed by atoms with E-state index in [1.165, 1.54) is 7.11 Å². The summed E-state index contributed by atoms with van der Waals surface area (Å²) in [4.78, 5) is 10.7. The fraction of sp³-hybridized carbons (Fsp3) is 0.857. The number of sulfone groups is 1. The van der Waals surface area contributed by atoms with Crippen molar-refractivity contribution >= 4 is 15.9 Å². The molecular weight excluding hydrogens is 194 g/mol. The van der Waals surface area contributed by atoms with Crippen LogP contribution in [0.5, 0.6) is 0 Å². The zero-order chi connectivity index (χ0) is 9.90. The van der Waals surface area contributed by atoms with E-state index in [0.29, 0.717) is 12.8 Å². The Hall–Kier alpha value is -0.780. The van der Waals surface area contributed by atoms with Crippen LogP contribution < -0.4 is 5.32 Å². The molecule has 0 aliphatic carbocycles. The molecule has 1 unspecified atom stereocenters. The largest absolute Gasteiger partial charge is 0.453 e. The predicted octanol–water partition coefficient (Wildman–Crippen LogP) is -0.0804. The quantitative estimate of drug-likeness (QED) is 0.687. The van der Waals surface area contributed by atoms with Gasteiger partial charge < -0.3 is 10.1 Å². The van der Waals surface area contributed by atoms with Gasteiger partial charge in [0, 0.05) is 6.54 Å². The van der Waals surface area contributed by atoms with E-state index >= 15 is 0 Å². The lowest BCUT2D eigenvalue weighted by atomic mass is 10.2. The standard InChI is InChI=1S/C7H13NO4S/c1-12-7(9)8-5-6-3-2-4-13(6,10)11/h6H,2-5H2,1H3,(H,8,9). The maximum Gasteiger partial charge on any atom is 0.406 e. The van der Waals surface area contributed by atoms with E-state index in [-0.39, 0.29) is 12.3 Å². The molecule has 1 rings (SSSR count). The van der Waals surface area contributed by atoms with Gasteiger partial charge in [0.05, 0.1) is 18.1 Å². The third-order valence-corrected chi connectivity index (χ3v) is 4.40. The second-order valence-corrected chi connectivity index (χ2v) is 5.40. The highest BCUT2D eigenvalue weighted by molar-refractivity contribution is 7.92. The molecule has 0 aromatic rings. The molecule has 13 heavy (non-hydrogen) atoms. The molecule has 1 heterocycles. The minimum atomic E-state index is -2.96. The molecular formula is C7H13NO4S. The van der Waals surface area contributed by atoms with Crippen molar-refractivity contribution in [1.82, 2.24) is 5.32 Å². The summed E-state index contributed by atoms with van der Waals surface area (Å²) in [5.74, 6) is 0.237. The summed E-state index contributed by atoms with van der Waals surface area (Å²) < 4.78 is 26.9. The van der Waals surface area contributed by atoms with Crippen LogP contribution >= 0.6 is 0 Å². The van der Waals surface area contributed by atoms with E-state index in [1.807, 2.05) is 0 Å². The van der Waals surface area contributed by atoms with Gasteiger partial charge in [0.2, 0.25) is 0 Å². The average Bonchev–Trinajstić information content (AvgIpc) is 2.41. The Morgan fingerprint density at radius 2 is 2.31 bits per heavy atom. The summed E-state index contributed by atoms with van der Waals surface area (Å²) in [7, 11) is -1.71. The lowest BCUT2D eigenvalue weighted by Crippen LogP contribution is -2.34. The van der Waals surface area contributed by atoms with Crippen molar-refractivity contribution in [2.45, 2.75) is 18.1 Å². The first kappa shape index (κ1) is 10.3. The van der Waals surface area contributed by atoms with E-state index in [4.69, 9.17) is 0 Å². The molecule has 1 amide bonds. The molecule has 1 saturated heterocycles. The Kier molecular flexibility index (Phi) is 3.13. The van der Waals surface area contributed by atoms with Crippen molar-refractivity contribution in [3.8, 4) is 0 Å². The van der Waals surface area contributed by atoms with E-state index < -0.39 is 21.2 Å². The van der Waals surface area contributed by atoms with E-state index in [1.54, 1.807) is 0 Å². The van der Waals surface area contributed by atoms with Crippen molar-refractivity contribution in [3.05, 3.63) is 0 Å². The highest BCUT2D eigenvalue weighted by Gasteiger charge is 2.31. The Balaban J connectivity index is 2.42. The molecule has 0 aromatic heterocycles. The van der Waals surface area contributed by atoms with Crippen LogP contribution in [0.1, 0.15) is 12.8 Å². The van der Waals surface area contributed by atoms with E-state index in [2.05, 4.69) is 10.1 Å². The molecule has 6 heteroatoms. The van der Waals surface area contributed by atoms with Gasteiger partial charge in [0.15, 0.2) is 9.84 Å². The van der Waals surface area contributed by atoms with E-state index in [0.717, 1.165) is 0 Å². The molecule has 1 aliphatic rings. The van der Waals surface area contributed by atoms with Crippen molar-refractivity contribution in [1.29, 1.82) is 0 Å². The van der Waals surface area contributed by atoms with Crippen LogP contribution in [0.2, 0.25) is 0 Å². The van der Waals surface area contributed by atoms with E-state index in [9.17, 15) is 13.2 Å². The number of hydrogen-bond donors (Lipinski definition) is 1. The van der Waals surface area contributed by atoms with Crippen LogP contribution in [0.25, 0.3) is 0 Å². The summed E-state index contributed by atoms with van der Waals surface area (Å²) in [6.45, 7) is 0.162. The first-order chi connectivity index (χ1) is 6.06. The van der Waals surface area contributed by atoms with Gasteiger partial charge in [-0.3, -0.25) is 0 Å². The molecule has 0 spiro atoms. The molecule has 76 valence electrons. The zero-order valence-corrected chi connectivity index (χ0v) is 8.26. The molecule has 0 aromatic carbocycles. The minimum absolute atomic E-state index is 0.162. The van der Waals surface area contributed by atoms with Gasteiger partial charge in [-0.2, -0.15) is 0 Å². The predicted molar refractivity (Wildman–Crippen MR) is 47.2 cm³/mol. The average molecular weight is 207 g/mol. The molecule has 1 N–H and O–H groups in total. The number of carbonyl (C=O) groups is 1. The van der Waals surface area contributed by atoms with Gasteiger partial charge in [-0.05, 0) is 12.8 Å². The van der Waals surface area contributed by atoms with Gasteiger partial charge in [0.1, 0.15) is 0 Å². The summed E-state index contributed by atoms with van der Waals surface area (Å²) in [5, 5.41) is 1.97. The molecule has 0 bridgehead atoms.